The third-order valence-electron chi connectivity index (χ3n) is 4.74. The molecule has 0 atom stereocenters. The van der Waals surface area contributed by atoms with E-state index in [2.05, 4.69) is 16.7 Å². The standard InChI is InChI=1S/C25H26FN3O2/c1-4-21(26)9-7-20(17(2)3)16-30-23-10-5-18(6-11-23)13-22-14-24(31-29-22)19-8-12-25(27)28-15-19/h4-12,14-15,17H,1,13,16H2,2-3H3,(H2,27,28)/b20-7-,21-9+. The molecule has 31 heavy (non-hydrogen) atoms. The Kier molecular flexibility index (Phi) is 7.38. The lowest BCUT2D eigenvalue weighted by Gasteiger charge is -2.13. The predicted octanol–water partition coefficient (Wildman–Crippen LogP) is 5.91. The molecule has 2 N–H and O–H groups in total. The first-order chi connectivity index (χ1) is 14.9. The molecule has 0 saturated heterocycles. The molecular weight excluding hydrogens is 393 g/mol. The van der Waals surface area contributed by atoms with Crippen molar-refractivity contribution in [1.82, 2.24) is 10.1 Å². The minimum absolute atomic E-state index is 0.241. The average Bonchev–Trinajstić information content (AvgIpc) is 3.23. The maximum atomic E-state index is 13.3. The number of anilines is 1. The second-order valence-electron chi connectivity index (χ2n) is 7.42. The lowest BCUT2D eigenvalue weighted by molar-refractivity contribution is 0.339. The van der Waals surface area contributed by atoms with E-state index in [0.29, 0.717) is 24.6 Å². The number of nitrogen functional groups attached to an aromatic ring is 1. The molecular formula is C25H26FN3O2. The Bertz CT molecular complexity index is 1060. The van der Waals surface area contributed by atoms with Gasteiger partial charge in [0.25, 0.3) is 0 Å². The number of nitrogens with zero attached hydrogens (tertiary/aromatic N) is 2. The summed E-state index contributed by atoms with van der Waals surface area (Å²) in [6.45, 7) is 7.89. The van der Waals surface area contributed by atoms with E-state index < -0.39 is 0 Å². The molecule has 3 rings (SSSR count). The highest BCUT2D eigenvalue weighted by atomic mass is 19.1. The second-order valence-corrected chi connectivity index (χ2v) is 7.42. The molecule has 0 aliphatic carbocycles. The molecule has 0 aliphatic heterocycles. The molecule has 0 amide bonds. The van der Waals surface area contributed by atoms with Crippen molar-refractivity contribution in [2.45, 2.75) is 20.3 Å². The molecule has 0 bridgehead atoms. The van der Waals surface area contributed by atoms with Crippen LogP contribution in [0.4, 0.5) is 10.2 Å². The van der Waals surface area contributed by atoms with Gasteiger partial charge in [0.2, 0.25) is 0 Å². The normalized spacial score (nSPS) is 12.3. The molecule has 3 aromatic rings. The van der Waals surface area contributed by atoms with Crippen LogP contribution in [0.1, 0.15) is 25.1 Å². The highest BCUT2D eigenvalue weighted by Crippen LogP contribution is 2.22. The van der Waals surface area contributed by atoms with E-state index in [1.807, 2.05) is 50.2 Å². The first kappa shape index (κ1) is 22.0. The van der Waals surface area contributed by atoms with Gasteiger partial charge in [-0.15, -0.1) is 0 Å². The van der Waals surface area contributed by atoms with Crippen LogP contribution in [0.5, 0.6) is 5.75 Å². The Balaban J connectivity index is 1.60. The summed E-state index contributed by atoms with van der Waals surface area (Å²) in [4.78, 5) is 4.07. The van der Waals surface area contributed by atoms with Crippen molar-refractivity contribution in [3.8, 4) is 17.1 Å². The van der Waals surface area contributed by atoms with Crippen LogP contribution in [0, 0.1) is 5.92 Å². The van der Waals surface area contributed by atoms with Gasteiger partial charge in [0.05, 0.1) is 5.69 Å². The zero-order valence-electron chi connectivity index (χ0n) is 17.7. The number of ether oxygens (including phenoxy) is 1. The van der Waals surface area contributed by atoms with E-state index >= 15 is 0 Å². The number of hydrogen-bond acceptors (Lipinski definition) is 5. The fourth-order valence-corrected chi connectivity index (χ4v) is 2.82. The molecule has 0 spiro atoms. The van der Waals surface area contributed by atoms with Crippen LogP contribution >= 0.6 is 0 Å². The SMILES string of the molecule is C=C/C(F)=C\C=C(\COc1ccc(Cc2cc(-c3ccc(N)nc3)on2)cc1)C(C)C. The monoisotopic (exact) mass is 419 g/mol. The maximum absolute atomic E-state index is 13.3. The molecule has 160 valence electrons. The maximum Gasteiger partial charge on any atom is 0.168 e. The Labute approximate surface area is 181 Å². The molecule has 1 aromatic carbocycles. The lowest BCUT2D eigenvalue weighted by Crippen LogP contribution is -2.06. The number of halogens is 1. The van der Waals surface area contributed by atoms with E-state index in [9.17, 15) is 4.39 Å². The van der Waals surface area contributed by atoms with Gasteiger partial charge in [0.15, 0.2) is 5.76 Å². The summed E-state index contributed by atoms with van der Waals surface area (Å²) in [6, 6.07) is 13.3. The van der Waals surface area contributed by atoms with Gasteiger partial charge in [-0.3, -0.25) is 0 Å². The Morgan fingerprint density at radius 1 is 1.19 bits per heavy atom. The molecule has 5 nitrogen and oxygen atoms in total. The van der Waals surface area contributed by atoms with Crippen molar-refractivity contribution in [3.63, 3.8) is 0 Å². The Morgan fingerprint density at radius 2 is 1.97 bits per heavy atom. The summed E-state index contributed by atoms with van der Waals surface area (Å²) in [6.07, 6.45) is 6.62. The van der Waals surface area contributed by atoms with Crippen LogP contribution in [0.3, 0.4) is 0 Å². The molecule has 0 unspecified atom stereocenters. The van der Waals surface area contributed by atoms with Crippen molar-refractivity contribution in [2.75, 3.05) is 12.3 Å². The summed E-state index contributed by atoms with van der Waals surface area (Å²) in [5, 5.41) is 4.14. The van der Waals surface area contributed by atoms with E-state index in [0.717, 1.165) is 28.1 Å². The highest BCUT2D eigenvalue weighted by molar-refractivity contribution is 5.57. The lowest BCUT2D eigenvalue weighted by atomic mass is 10.0. The van der Waals surface area contributed by atoms with Crippen LogP contribution in [0.15, 0.2) is 89.4 Å². The molecule has 6 heteroatoms. The van der Waals surface area contributed by atoms with Crippen LogP contribution in [-0.4, -0.2) is 16.7 Å². The molecule has 0 aliphatic rings. The Hall–Kier alpha value is -3.67. The molecule has 0 fully saturated rings. The topological polar surface area (TPSA) is 74.2 Å². The first-order valence-corrected chi connectivity index (χ1v) is 10.0. The van der Waals surface area contributed by atoms with Crippen LogP contribution in [0.2, 0.25) is 0 Å². The fourth-order valence-electron chi connectivity index (χ4n) is 2.82. The highest BCUT2D eigenvalue weighted by Gasteiger charge is 2.09. The van der Waals surface area contributed by atoms with Crippen molar-refractivity contribution in [2.24, 2.45) is 5.92 Å². The van der Waals surface area contributed by atoms with Crippen molar-refractivity contribution >= 4 is 5.82 Å². The quantitative estimate of drug-likeness (QED) is 0.436. The van der Waals surface area contributed by atoms with Crippen molar-refractivity contribution in [1.29, 1.82) is 0 Å². The van der Waals surface area contributed by atoms with Gasteiger partial charge in [-0.25, -0.2) is 9.37 Å². The van der Waals surface area contributed by atoms with Crippen LogP contribution in [0.25, 0.3) is 11.3 Å². The van der Waals surface area contributed by atoms with Gasteiger partial charge in [0.1, 0.15) is 24.0 Å². The minimum atomic E-state index is -0.369. The summed E-state index contributed by atoms with van der Waals surface area (Å²) in [7, 11) is 0. The zero-order valence-corrected chi connectivity index (χ0v) is 17.7. The number of allylic oxidation sites excluding steroid dienone is 4. The molecule has 0 saturated carbocycles. The van der Waals surface area contributed by atoms with Gasteiger partial charge in [-0.1, -0.05) is 43.8 Å². The fraction of sp³-hybridized carbons (Fsp3) is 0.200. The van der Waals surface area contributed by atoms with E-state index in [1.54, 1.807) is 18.3 Å². The number of pyridine rings is 1. The number of nitrogens with two attached hydrogens (primary N) is 1. The van der Waals surface area contributed by atoms with Gasteiger partial charge in [-0.2, -0.15) is 0 Å². The largest absolute Gasteiger partial charge is 0.489 e. The predicted molar refractivity (Wildman–Crippen MR) is 121 cm³/mol. The van der Waals surface area contributed by atoms with E-state index in [-0.39, 0.29) is 11.7 Å². The number of aromatic nitrogens is 2. The van der Waals surface area contributed by atoms with Crippen molar-refractivity contribution in [3.05, 3.63) is 96.1 Å². The zero-order chi connectivity index (χ0) is 22.2. The first-order valence-electron chi connectivity index (χ1n) is 10.0. The number of benzene rings is 1. The average molecular weight is 420 g/mol. The number of rotatable bonds is 9. The Morgan fingerprint density at radius 3 is 2.61 bits per heavy atom. The van der Waals surface area contributed by atoms with E-state index in [1.165, 1.54) is 12.2 Å². The van der Waals surface area contributed by atoms with Crippen LogP contribution in [-0.2, 0) is 6.42 Å². The summed E-state index contributed by atoms with van der Waals surface area (Å²) >= 11 is 0. The van der Waals surface area contributed by atoms with Gasteiger partial charge in [-0.05, 0) is 53.5 Å². The molecule has 2 aromatic heterocycles. The molecule has 0 radical (unpaired) electrons. The van der Waals surface area contributed by atoms with Crippen molar-refractivity contribution < 1.29 is 13.7 Å². The third-order valence-corrected chi connectivity index (χ3v) is 4.74. The van der Waals surface area contributed by atoms with Gasteiger partial charge < -0.3 is 15.0 Å². The van der Waals surface area contributed by atoms with Gasteiger partial charge in [0, 0.05) is 24.2 Å². The minimum Gasteiger partial charge on any atom is -0.489 e. The second kappa shape index (κ2) is 10.4. The van der Waals surface area contributed by atoms with E-state index in [4.69, 9.17) is 15.0 Å². The smallest absolute Gasteiger partial charge is 0.168 e. The number of hydrogen-bond donors (Lipinski definition) is 1. The summed E-state index contributed by atoms with van der Waals surface area (Å²) < 4.78 is 24.6. The summed E-state index contributed by atoms with van der Waals surface area (Å²) in [5.74, 6) is 1.73. The van der Waals surface area contributed by atoms with Gasteiger partial charge >= 0.3 is 0 Å². The van der Waals surface area contributed by atoms with Crippen LogP contribution < -0.4 is 10.5 Å². The third kappa shape index (κ3) is 6.40. The summed E-state index contributed by atoms with van der Waals surface area (Å²) in [5.41, 5.74) is 9.34. The molecule has 2 heterocycles.